The number of hydrogen-bond acceptors (Lipinski definition) is 4. The molecule has 0 saturated heterocycles. The van der Waals surface area contributed by atoms with Crippen LogP contribution in [0.15, 0.2) is 24.3 Å². The molecule has 0 radical (unpaired) electrons. The van der Waals surface area contributed by atoms with Gasteiger partial charge in [-0.1, -0.05) is 0 Å². The van der Waals surface area contributed by atoms with Crippen LogP contribution in [0.25, 0.3) is 0 Å². The van der Waals surface area contributed by atoms with Gasteiger partial charge in [0, 0.05) is 11.2 Å². The minimum atomic E-state index is -0.623. The third-order valence-corrected chi connectivity index (χ3v) is 2.19. The molecular weight excluding hydrogens is 260 g/mol. The Hall–Kier alpha value is -2.24. The summed E-state index contributed by atoms with van der Waals surface area (Å²) in [4.78, 5) is 23.0. The van der Waals surface area contributed by atoms with Crippen LogP contribution in [-0.4, -0.2) is 31.3 Å². The highest BCUT2D eigenvalue weighted by Gasteiger charge is 2.15. The summed E-state index contributed by atoms with van der Waals surface area (Å²) in [5, 5.41) is 5.21. The summed E-state index contributed by atoms with van der Waals surface area (Å²) in [7, 11) is 1.56. The van der Waals surface area contributed by atoms with Crippen LogP contribution in [0, 0.1) is 0 Å². The van der Waals surface area contributed by atoms with E-state index >= 15 is 0 Å². The number of methoxy groups -OCH3 is 1. The summed E-state index contributed by atoms with van der Waals surface area (Å²) in [6, 6.07) is 6.85. The van der Waals surface area contributed by atoms with Crippen molar-refractivity contribution in [1.29, 1.82) is 0 Å². The van der Waals surface area contributed by atoms with Crippen molar-refractivity contribution in [2.24, 2.45) is 0 Å². The van der Waals surface area contributed by atoms with Gasteiger partial charge in [0.1, 0.15) is 5.75 Å². The zero-order valence-corrected chi connectivity index (χ0v) is 12.1. The molecule has 0 aliphatic heterocycles. The van der Waals surface area contributed by atoms with Crippen molar-refractivity contribution in [3.63, 3.8) is 0 Å². The quantitative estimate of drug-likeness (QED) is 0.886. The van der Waals surface area contributed by atoms with Crippen LogP contribution in [0.3, 0.4) is 0 Å². The third kappa shape index (κ3) is 6.08. The van der Waals surface area contributed by atoms with Gasteiger partial charge in [-0.3, -0.25) is 4.79 Å². The average molecular weight is 280 g/mol. The maximum atomic E-state index is 11.6. The van der Waals surface area contributed by atoms with Gasteiger partial charge in [0.15, 0.2) is 6.61 Å². The Balaban J connectivity index is 2.38. The Kier molecular flexibility index (Phi) is 5.37. The molecule has 1 aromatic carbocycles. The second kappa shape index (κ2) is 6.79. The van der Waals surface area contributed by atoms with Crippen LogP contribution < -0.4 is 15.4 Å². The molecule has 2 N–H and O–H groups in total. The van der Waals surface area contributed by atoms with Gasteiger partial charge in [-0.05, 0) is 45.0 Å². The lowest BCUT2D eigenvalue weighted by atomic mass is 10.1. The Morgan fingerprint density at radius 1 is 1.15 bits per heavy atom. The molecule has 0 fully saturated rings. The molecule has 110 valence electrons. The highest BCUT2D eigenvalue weighted by molar-refractivity contribution is 5.92. The fourth-order valence-electron chi connectivity index (χ4n) is 1.34. The Labute approximate surface area is 118 Å². The van der Waals surface area contributed by atoms with E-state index in [2.05, 4.69) is 10.6 Å². The molecule has 0 bridgehead atoms. The largest absolute Gasteiger partial charge is 0.497 e. The molecule has 6 heteroatoms. The second-order valence-corrected chi connectivity index (χ2v) is 5.23. The Bertz CT molecular complexity index is 463. The highest BCUT2D eigenvalue weighted by Crippen LogP contribution is 2.14. The van der Waals surface area contributed by atoms with Crippen LogP contribution in [0.4, 0.5) is 10.5 Å². The smallest absolute Gasteiger partial charge is 0.408 e. The number of hydrogen-bond donors (Lipinski definition) is 2. The standard InChI is InChI=1S/C14H20N2O4/c1-14(2,3)16-13(18)20-9-12(17)15-10-5-7-11(19-4)8-6-10/h5-8H,9H2,1-4H3,(H,15,17)(H,16,18). The topological polar surface area (TPSA) is 76.7 Å². The zero-order chi connectivity index (χ0) is 15.2. The predicted octanol–water partition coefficient (Wildman–Crippen LogP) is 2.16. The van der Waals surface area contributed by atoms with E-state index in [-0.39, 0.29) is 6.61 Å². The van der Waals surface area contributed by atoms with Crippen molar-refractivity contribution >= 4 is 17.7 Å². The first-order chi connectivity index (χ1) is 9.30. The molecule has 2 amide bonds. The van der Waals surface area contributed by atoms with Gasteiger partial charge in [-0.25, -0.2) is 4.79 Å². The summed E-state index contributed by atoms with van der Waals surface area (Å²) < 4.78 is 9.82. The number of ether oxygens (including phenoxy) is 2. The van der Waals surface area contributed by atoms with Gasteiger partial charge in [0.2, 0.25) is 0 Å². The maximum absolute atomic E-state index is 11.6. The number of anilines is 1. The molecular formula is C14H20N2O4. The average Bonchev–Trinajstić information content (AvgIpc) is 2.35. The molecule has 0 saturated carbocycles. The molecule has 0 heterocycles. The molecule has 0 aromatic heterocycles. The number of amides is 2. The molecule has 0 atom stereocenters. The first-order valence-electron chi connectivity index (χ1n) is 6.19. The number of carbonyl (C=O) groups excluding carboxylic acids is 2. The first-order valence-corrected chi connectivity index (χ1v) is 6.19. The SMILES string of the molecule is COc1ccc(NC(=O)COC(=O)NC(C)(C)C)cc1. The van der Waals surface area contributed by atoms with Gasteiger partial charge in [0.05, 0.1) is 7.11 Å². The minimum absolute atomic E-state index is 0.339. The Morgan fingerprint density at radius 2 is 1.75 bits per heavy atom. The van der Waals surface area contributed by atoms with E-state index in [4.69, 9.17) is 9.47 Å². The second-order valence-electron chi connectivity index (χ2n) is 5.23. The molecule has 0 aliphatic rings. The zero-order valence-electron chi connectivity index (χ0n) is 12.1. The minimum Gasteiger partial charge on any atom is -0.497 e. The molecule has 6 nitrogen and oxygen atoms in total. The van der Waals surface area contributed by atoms with Crippen molar-refractivity contribution in [3.05, 3.63) is 24.3 Å². The van der Waals surface area contributed by atoms with E-state index in [0.29, 0.717) is 11.4 Å². The summed E-state index contributed by atoms with van der Waals surface area (Å²) >= 11 is 0. The van der Waals surface area contributed by atoms with Gasteiger partial charge < -0.3 is 20.1 Å². The van der Waals surface area contributed by atoms with Crippen molar-refractivity contribution in [3.8, 4) is 5.75 Å². The van der Waals surface area contributed by atoms with E-state index in [1.807, 2.05) is 20.8 Å². The molecule has 20 heavy (non-hydrogen) atoms. The van der Waals surface area contributed by atoms with Gasteiger partial charge in [-0.15, -0.1) is 0 Å². The van der Waals surface area contributed by atoms with Crippen LogP contribution in [0.2, 0.25) is 0 Å². The lowest BCUT2D eigenvalue weighted by molar-refractivity contribution is -0.119. The number of nitrogens with one attached hydrogen (secondary N) is 2. The fraction of sp³-hybridized carbons (Fsp3) is 0.429. The molecule has 1 aromatic rings. The molecule has 0 unspecified atom stereocenters. The maximum Gasteiger partial charge on any atom is 0.408 e. The van der Waals surface area contributed by atoms with Crippen LogP contribution in [-0.2, 0) is 9.53 Å². The summed E-state index contributed by atoms with van der Waals surface area (Å²) in [6.07, 6.45) is -0.623. The van der Waals surface area contributed by atoms with E-state index in [1.165, 1.54) is 0 Å². The lowest BCUT2D eigenvalue weighted by Gasteiger charge is -2.19. The van der Waals surface area contributed by atoms with Crippen molar-refractivity contribution in [2.75, 3.05) is 19.0 Å². The number of alkyl carbamates (subject to hydrolysis) is 1. The summed E-state index contributed by atoms with van der Waals surface area (Å²) in [5.41, 5.74) is 0.208. The third-order valence-electron chi connectivity index (χ3n) is 2.19. The lowest BCUT2D eigenvalue weighted by Crippen LogP contribution is -2.41. The van der Waals surface area contributed by atoms with E-state index in [0.717, 1.165) is 0 Å². The monoisotopic (exact) mass is 280 g/mol. The predicted molar refractivity (Wildman–Crippen MR) is 75.9 cm³/mol. The first kappa shape index (κ1) is 15.8. The van der Waals surface area contributed by atoms with E-state index in [1.54, 1.807) is 31.4 Å². The van der Waals surface area contributed by atoms with Crippen LogP contribution in [0.1, 0.15) is 20.8 Å². The van der Waals surface area contributed by atoms with E-state index in [9.17, 15) is 9.59 Å². The van der Waals surface area contributed by atoms with Crippen LogP contribution in [0.5, 0.6) is 5.75 Å². The summed E-state index contributed by atoms with van der Waals surface area (Å²) in [6.45, 7) is 5.14. The molecule has 0 aliphatic carbocycles. The number of carbonyl (C=O) groups is 2. The van der Waals surface area contributed by atoms with Gasteiger partial charge in [-0.2, -0.15) is 0 Å². The van der Waals surface area contributed by atoms with Gasteiger partial charge >= 0.3 is 6.09 Å². The van der Waals surface area contributed by atoms with Crippen molar-refractivity contribution in [2.45, 2.75) is 26.3 Å². The molecule has 0 spiro atoms. The van der Waals surface area contributed by atoms with E-state index < -0.39 is 17.5 Å². The number of rotatable bonds is 4. The Morgan fingerprint density at radius 3 is 2.25 bits per heavy atom. The van der Waals surface area contributed by atoms with Crippen LogP contribution >= 0.6 is 0 Å². The van der Waals surface area contributed by atoms with Crippen molar-refractivity contribution < 1.29 is 19.1 Å². The normalized spacial score (nSPS) is 10.6. The number of benzene rings is 1. The summed E-state index contributed by atoms with van der Waals surface area (Å²) in [5.74, 6) is 0.294. The fourth-order valence-corrected chi connectivity index (χ4v) is 1.34. The van der Waals surface area contributed by atoms with Gasteiger partial charge in [0.25, 0.3) is 5.91 Å². The highest BCUT2D eigenvalue weighted by atomic mass is 16.6. The van der Waals surface area contributed by atoms with Crippen molar-refractivity contribution in [1.82, 2.24) is 5.32 Å². The molecule has 1 rings (SSSR count).